The van der Waals surface area contributed by atoms with Gasteiger partial charge >= 0.3 is 0 Å². The smallest absolute Gasteiger partial charge is 0.0475 e. The van der Waals surface area contributed by atoms with E-state index in [1.54, 1.807) is 0 Å². The standard InChI is InChI=1S/C5H10NS/c1-2-3-5(6)4-7/h5H,2-3,6H2,1H3. The fraction of sp³-hybridized carbons (Fsp3) is 0.800. The molecule has 41 valence electrons. The monoisotopic (exact) mass is 116 g/mol. The topological polar surface area (TPSA) is 26.0 Å². The lowest BCUT2D eigenvalue weighted by molar-refractivity contribution is 0.745. The molecule has 0 heterocycles. The maximum Gasteiger partial charge on any atom is 0.0475 e. The lowest BCUT2D eigenvalue weighted by Crippen LogP contribution is -2.19. The zero-order chi connectivity index (χ0) is 5.70. The molecule has 0 aliphatic rings. The minimum atomic E-state index is 0.0139. The second-order valence-corrected chi connectivity index (χ2v) is 1.75. The minimum absolute atomic E-state index is 0.0139. The summed E-state index contributed by atoms with van der Waals surface area (Å²) in [6, 6.07) is 0.0139. The Morgan fingerprint density at radius 2 is 2.43 bits per heavy atom. The van der Waals surface area contributed by atoms with Crippen molar-refractivity contribution >= 4 is 17.6 Å². The molecule has 0 rings (SSSR count). The lowest BCUT2D eigenvalue weighted by atomic mass is 10.2. The van der Waals surface area contributed by atoms with Gasteiger partial charge in [-0.15, -0.1) is 0 Å². The third-order valence-electron chi connectivity index (χ3n) is 0.751. The summed E-state index contributed by atoms with van der Waals surface area (Å²) in [5.41, 5.74) is 5.37. The molecule has 0 spiro atoms. The molecule has 0 saturated heterocycles. The highest BCUT2D eigenvalue weighted by atomic mass is 32.1. The SMILES string of the molecule is CCCC(N)[C]=S. The maximum atomic E-state index is 5.37. The predicted octanol–water partition coefficient (Wildman–Crippen LogP) is 0.991. The van der Waals surface area contributed by atoms with E-state index < -0.39 is 0 Å². The molecule has 0 saturated carbocycles. The number of thiocarbonyl (C=S) groups is 1. The van der Waals surface area contributed by atoms with Crippen LogP contribution in [0.4, 0.5) is 0 Å². The summed E-state index contributed by atoms with van der Waals surface area (Å²) in [5, 5.41) is 2.53. The summed E-state index contributed by atoms with van der Waals surface area (Å²) in [7, 11) is 0. The molecule has 0 aliphatic carbocycles. The molecule has 2 heteroatoms. The first-order valence-electron chi connectivity index (χ1n) is 2.44. The van der Waals surface area contributed by atoms with Gasteiger partial charge in [0.15, 0.2) is 0 Å². The lowest BCUT2D eigenvalue weighted by Gasteiger charge is -1.96. The summed E-state index contributed by atoms with van der Waals surface area (Å²) in [6.07, 6.45) is 2.05. The van der Waals surface area contributed by atoms with Gasteiger partial charge in [0, 0.05) is 11.4 Å². The van der Waals surface area contributed by atoms with Gasteiger partial charge in [-0.05, 0) is 6.42 Å². The molecule has 0 aromatic carbocycles. The first-order chi connectivity index (χ1) is 3.31. The molecule has 1 nitrogen and oxygen atoms in total. The molecule has 0 aromatic heterocycles. The van der Waals surface area contributed by atoms with E-state index >= 15 is 0 Å². The number of hydrogen-bond donors (Lipinski definition) is 1. The first kappa shape index (κ1) is 7.05. The Balaban J connectivity index is 2.98. The Labute approximate surface area is 49.9 Å². The second-order valence-electron chi connectivity index (χ2n) is 1.51. The van der Waals surface area contributed by atoms with Crippen molar-refractivity contribution in [2.75, 3.05) is 0 Å². The van der Waals surface area contributed by atoms with Gasteiger partial charge in [-0.2, -0.15) is 0 Å². The van der Waals surface area contributed by atoms with Crippen molar-refractivity contribution in [2.24, 2.45) is 5.73 Å². The van der Waals surface area contributed by atoms with E-state index in [0.29, 0.717) is 0 Å². The Kier molecular flexibility index (Phi) is 4.25. The van der Waals surface area contributed by atoms with Crippen molar-refractivity contribution < 1.29 is 0 Å². The van der Waals surface area contributed by atoms with Crippen LogP contribution in [0.25, 0.3) is 0 Å². The van der Waals surface area contributed by atoms with E-state index in [1.807, 2.05) is 0 Å². The molecule has 0 fully saturated rings. The molecular formula is C5H10NS. The van der Waals surface area contributed by atoms with Gasteiger partial charge in [0.2, 0.25) is 0 Å². The molecule has 1 atom stereocenters. The van der Waals surface area contributed by atoms with Crippen LogP contribution in [0.3, 0.4) is 0 Å². The third-order valence-corrected chi connectivity index (χ3v) is 1.05. The van der Waals surface area contributed by atoms with Gasteiger partial charge in [-0.1, -0.05) is 25.6 Å². The molecule has 1 unspecified atom stereocenters. The van der Waals surface area contributed by atoms with Crippen LogP contribution in [-0.4, -0.2) is 11.4 Å². The molecule has 0 amide bonds. The summed E-state index contributed by atoms with van der Waals surface area (Å²) >= 11 is 4.47. The molecule has 7 heavy (non-hydrogen) atoms. The van der Waals surface area contributed by atoms with Crippen molar-refractivity contribution in [3.63, 3.8) is 0 Å². The highest BCUT2D eigenvalue weighted by Crippen LogP contribution is 1.88. The normalized spacial score (nSPS) is 13.4. The summed E-state index contributed by atoms with van der Waals surface area (Å²) in [4.78, 5) is 0. The Bertz CT molecular complexity index is 54.0. The minimum Gasteiger partial charge on any atom is -0.323 e. The van der Waals surface area contributed by atoms with Crippen molar-refractivity contribution in [2.45, 2.75) is 25.8 Å². The van der Waals surface area contributed by atoms with Gasteiger partial charge < -0.3 is 5.73 Å². The summed E-state index contributed by atoms with van der Waals surface area (Å²) in [5.74, 6) is 0. The number of hydrogen-bond acceptors (Lipinski definition) is 2. The molecule has 0 bridgehead atoms. The highest BCUT2D eigenvalue weighted by molar-refractivity contribution is 7.79. The second kappa shape index (κ2) is 4.22. The van der Waals surface area contributed by atoms with E-state index in [-0.39, 0.29) is 6.04 Å². The average molecular weight is 116 g/mol. The van der Waals surface area contributed by atoms with Crippen LogP contribution in [0, 0.1) is 0 Å². The molecule has 1 radical (unpaired) electrons. The molecular weight excluding hydrogens is 106 g/mol. The van der Waals surface area contributed by atoms with Crippen LogP contribution in [0.1, 0.15) is 19.8 Å². The van der Waals surface area contributed by atoms with Gasteiger partial charge in [0.25, 0.3) is 0 Å². The third kappa shape index (κ3) is 3.89. The first-order valence-corrected chi connectivity index (χ1v) is 2.85. The number of nitrogens with two attached hydrogens (primary N) is 1. The van der Waals surface area contributed by atoms with E-state index in [2.05, 4.69) is 24.5 Å². The van der Waals surface area contributed by atoms with Gasteiger partial charge in [0.05, 0.1) is 0 Å². The molecule has 2 N–H and O–H groups in total. The van der Waals surface area contributed by atoms with Crippen molar-refractivity contribution in [1.82, 2.24) is 0 Å². The Morgan fingerprint density at radius 3 is 2.57 bits per heavy atom. The van der Waals surface area contributed by atoms with Crippen molar-refractivity contribution in [1.29, 1.82) is 0 Å². The van der Waals surface area contributed by atoms with Crippen molar-refractivity contribution in [3.05, 3.63) is 0 Å². The van der Waals surface area contributed by atoms with Crippen molar-refractivity contribution in [3.8, 4) is 0 Å². The number of rotatable bonds is 3. The molecule has 0 aromatic rings. The van der Waals surface area contributed by atoms with E-state index in [9.17, 15) is 0 Å². The fourth-order valence-corrected chi connectivity index (χ4v) is 0.488. The summed E-state index contributed by atoms with van der Waals surface area (Å²) < 4.78 is 0. The van der Waals surface area contributed by atoms with Crippen LogP contribution in [0.5, 0.6) is 0 Å². The van der Waals surface area contributed by atoms with Crippen LogP contribution >= 0.6 is 12.2 Å². The Hall–Kier alpha value is 0.0500. The predicted molar refractivity (Wildman–Crippen MR) is 35.5 cm³/mol. The van der Waals surface area contributed by atoms with Gasteiger partial charge in [0.1, 0.15) is 0 Å². The van der Waals surface area contributed by atoms with Gasteiger partial charge in [-0.25, -0.2) is 0 Å². The van der Waals surface area contributed by atoms with Gasteiger partial charge in [-0.3, -0.25) is 0 Å². The van der Waals surface area contributed by atoms with E-state index in [0.717, 1.165) is 12.8 Å². The summed E-state index contributed by atoms with van der Waals surface area (Å²) in [6.45, 7) is 2.08. The van der Waals surface area contributed by atoms with Crippen LogP contribution in [-0.2, 0) is 0 Å². The average Bonchev–Trinajstić information content (AvgIpc) is 1.68. The fourth-order valence-electron chi connectivity index (χ4n) is 0.370. The maximum absolute atomic E-state index is 5.37. The van der Waals surface area contributed by atoms with Crippen LogP contribution in [0.2, 0.25) is 0 Å². The quantitative estimate of drug-likeness (QED) is 0.556. The highest BCUT2D eigenvalue weighted by Gasteiger charge is 1.91. The van der Waals surface area contributed by atoms with E-state index in [4.69, 9.17) is 5.73 Å². The Morgan fingerprint density at radius 1 is 1.86 bits per heavy atom. The van der Waals surface area contributed by atoms with E-state index in [1.165, 1.54) is 0 Å². The largest absolute Gasteiger partial charge is 0.323 e. The van der Waals surface area contributed by atoms with Crippen LogP contribution < -0.4 is 5.73 Å². The zero-order valence-corrected chi connectivity index (χ0v) is 5.29. The zero-order valence-electron chi connectivity index (χ0n) is 4.48. The van der Waals surface area contributed by atoms with Crippen LogP contribution in [0.15, 0.2) is 0 Å². The molecule has 0 aliphatic heterocycles.